The molecule has 8 heteroatoms. The molecule has 0 amide bonds. The third-order valence-corrected chi connectivity index (χ3v) is 5.06. The second-order valence-corrected chi connectivity index (χ2v) is 7.23. The summed E-state index contributed by atoms with van der Waals surface area (Å²) in [5.41, 5.74) is 1.07. The van der Waals surface area contributed by atoms with E-state index in [-0.39, 0.29) is 30.0 Å². The van der Waals surface area contributed by atoms with Gasteiger partial charge in [-0.25, -0.2) is 4.99 Å². The van der Waals surface area contributed by atoms with Crippen molar-refractivity contribution in [3.63, 3.8) is 0 Å². The maximum Gasteiger partial charge on any atom is 0.191 e. The van der Waals surface area contributed by atoms with Gasteiger partial charge in [-0.05, 0) is 39.0 Å². The summed E-state index contributed by atoms with van der Waals surface area (Å²) < 4.78 is 17.2. The molecule has 1 saturated heterocycles. The number of ether oxygens (including phenoxy) is 2. The SMILES string of the molecule is CCNC(=NCc1ccccc1OCC)NCC(c1ccc(C)o1)N1CCOCC1.I. The van der Waals surface area contributed by atoms with Gasteiger partial charge in [-0.1, -0.05) is 18.2 Å². The van der Waals surface area contributed by atoms with E-state index in [0.29, 0.717) is 19.7 Å². The Kier molecular flexibility index (Phi) is 11.2. The number of halogens is 1. The Hall–Kier alpha value is -1.78. The number of guanidine groups is 1. The summed E-state index contributed by atoms with van der Waals surface area (Å²) in [6.07, 6.45) is 0. The van der Waals surface area contributed by atoms with Crippen molar-refractivity contribution in [3.8, 4) is 5.75 Å². The van der Waals surface area contributed by atoms with Crippen LogP contribution in [0.3, 0.4) is 0 Å². The van der Waals surface area contributed by atoms with Crippen molar-refractivity contribution >= 4 is 29.9 Å². The maximum atomic E-state index is 5.96. The van der Waals surface area contributed by atoms with Crippen LogP contribution in [-0.2, 0) is 11.3 Å². The van der Waals surface area contributed by atoms with Gasteiger partial charge in [0.1, 0.15) is 17.3 Å². The van der Waals surface area contributed by atoms with Gasteiger partial charge in [0.2, 0.25) is 0 Å². The van der Waals surface area contributed by atoms with Crippen molar-refractivity contribution < 1.29 is 13.9 Å². The van der Waals surface area contributed by atoms with Gasteiger partial charge in [0.15, 0.2) is 5.96 Å². The van der Waals surface area contributed by atoms with Crippen LogP contribution in [0.1, 0.15) is 37.0 Å². The van der Waals surface area contributed by atoms with E-state index in [9.17, 15) is 0 Å². The molecule has 1 aliphatic rings. The normalized spacial score (nSPS) is 15.8. The van der Waals surface area contributed by atoms with E-state index in [0.717, 1.165) is 61.6 Å². The number of para-hydroxylation sites is 1. The molecule has 1 aromatic heterocycles. The van der Waals surface area contributed by atoms with E-state index in [1.807, 2.05) is 38.1 Å². The lowest BCUT2D eigenvalue weighted by atomic mass is 10.1. The van der Waals surface area contributed by atoms with Gasteiger partial charge in [-0.3, -0.25) is 4.90 Å². The Bertz CT molecular complexity index is 806. The molecule has 1 fully saturated rings. The number of morpholine rings is 1. The second-order valence-electron chi connectivity index (χ2n) is 7.23. The van der Waals surface area contributed by atoms with E-state index in [1.54, 1.807) is 0 Å². The molecule has 1 aromatic carbocycles. The third-order valence-electron chi connectivity index (χ3n) is 5.06. The zero-order valence-electron chi connectivity index (χ0n) is 18.7. The fraction of sp³-hybridized carbons (Fsp3) is 0.522. The number of aryl methyl sites for hydroxylation is 1. The predicted octanol–water partition coefficient (Wildman–Crippen LogP) is 3.73. The van der Waals surface area contributed by atoms with Crippen molar-refractivity contribution in [2.75, 3.05) is 46.0 Å². The molecule has 2 N–H and O–H groups in total. The van der Waals surface area contributed by atoms with Crippen LogP contribution in [-0.4, -0.2) is 56.9 Å². The molecule has 0 spiro atoms. The first kappa shape index (κ1) is 25.5. The molecule has 1 atom stereocenters. The van der Waals surface area contributed by atoms with Gasteiger partial charge in [-0.15, -0.1) is 24.0 Å². The molecule has 0 radical (unpaired) electrons. The van der Waals surface area contributed by atoms with Gasteiger partial charge in [0, 0.05) is 31.7 Å². The number of benzene rings is 1. The van der Waals surface area contributed by atoms with E-state index in [4.69, 9.17) is 18.9 Å². The van der Waals surface area contributed by atoms with Crippen LogP contribution in [0.5, 0.6) is 5.75 Å². The number of hydrogen-bond acceptors (Lipinski definition) is 5. The first-order valence-corrected chi connectivity index (χ1v) is 10.8. The molecule has 0 saturated carbocycles. The van der Waals surface area contributed by atoms with Crippen molar-refractivity contribution in [3.05, 3.63) is 53.5 Å². The highest BCUT2D eigenvalue weighted by atomic mass is 127. The molecule has 7 nitrogen and oxygen atoms in total. The van der Waals surface area contributed by atoms with Crippen LogP contribution in [0.25, 0.3) is 0 Å². The first-order chi connectivity index (χ1) is 14.7. The van der Waals surface area contributed by atoms with Crippen molar-refractivity contribution in [2.45, 2.75) is 33.4 Å². The smallest absolute Gasteiger partial charge is 0.191 e. The molecule has 0 aliphatic carbocycles. The fourth-order valence-electron chi connectivity index (χ4n) is 3.56. The fourth-order valence-corrected chi connectivity index (χ4v) is 3.56. The van der Waals surface area contributed by atoms with Crippen molar-refractivity contribution in [1.29, 1.82) is 0 Å². The Morgan fingerprint density at radius 2 is 1.90 bits per heavy atom. The zero-order chi connectivity index (χ0) is 21.2. The number of furan rings is 1. The summed E-state index contributed by atoms with van der Waals surface area (Å²) in [6.45, 7) is 12.0. The number of aliphatic imine (C=N–C) groups is 1. The van der Waals surface area contributed by atoms with E-state index < -0.39 is 0 Å². The molecule has 1 aliphatic heterocycles. The molecule has 172 valence electrons. The number of nitrogens with one attached hydrogen (secondary N) is 2. The van der Waals surface area contributed by atoms with Gasteiger partial charge in [0.25, 0.3) is 0 Å². The summed E-state index contributed by atoms with van der Waals surface area (Å²) >= 11 is 0. The molecule has 0 bridgehead atoms. The Balaban J connectivity index is 0.00000341. The summed E-state index contributed by atoms with van der Waals surface area (Å²) in [5, 5.41) is 6.85. The standard InChI is InChI=1S/C23H34N4O3.HI/c1-4-24-23(25-16-19-8-6-7-9-21(19)29-5-2)26-17-20(22-11-10-18(3)30-22)27-12-14-28-15-13-27;/h6-11,20H,4-5,12-17H2,1-3H3,(H2,24,25,26);1H. The molecule has 31 heavy (non-hydrogen) atoms. The van der Waals surface area contributed by atoms with Crippen LogP contribution < -0.4 is 15.4 Å². The minimum Gasteiger partial charge on any atom is -0.494 e. The molecule has 3 rings (SSSR count). The van der Waals surface area contributed by atoms with Gasteiger partial charge in [-0.2, -0.15) is 0 Å². The lowest BCUT2D eigenvalue weighted by Crippen LogP contribution is -2.46. The van der Waals surface area contributed by atoms with Crippen LogP contribution in [0.2, 0.25) is 0 Å². The van der Waals surface area contributed by atoms with E-state index >= 15 is 0 Å². The topological polar surface area (TPSA) is 71.3 Å². The average Bonchev–Trinajstić information content (AvgIpc) is 3.20. The number of nitrogens with zero attached hydrogens (tertiary/aromatic N) is 2. The molecule has 2 heterocycles. The monoisotopic (exact) mass is 542 g/mol. The average molecular weight is 542 g/mol. The molecular formula is C23H35IN4O3. The Labute approximate surface area is 202 Å². The van der Waals surface area contributed by atoms with Gasteiger partial charge >= 0.3 is 0 Å². The summed E-state index contributed by atoms with van der Waals surface area (Å²) in [6, 6.07) is 12.3. The van der Waals surface area contributed by atoms with Crippen molar-refractivity contribution in [2.24, 2.45) is 4.99 Å². The van der Waals surface area contributed by atoms with Crippen molar-refractivity contribution in [1.82, 2.24) is 15.5 Å². The summed E-state index contributed by atoms with van der Waals surface area (Å²) in [5.74, 6) is 3.57. The minimum atomic E-state index is 0. The Morgan fingerprint density at radius 3 is 2.58 bits per heavy atom. The number of hydrogen-bond donors (Lipinski definition) is 2. The molecule has 1 unspecified atom stereocenters. The van der Waals surface area contributed by atoms with Gasteiger partial charge in [0.05, 0.1) is 32.4 Å². The quantitative estimate of drug-likeness (QED) is 0.286. The molecule has 2 aromatic rings. The van der Waals surface area contributed by atoms with Crippen LogP contribution in [0.15, 0.2) is 45.8 Å². The van der Waals surface area contributed by atoms with Crippen LogP contribution in [0, 0.1) is 6.92 Å². The molecular weight excluding hydrogens is 507 g/mol. The lowest BCUT2D eigenvalue weighted by Gasteiger charge is -2.33. The van der Waals surface area contributed by atoms with Crippen LogP contribution in [0.4, 0.5) is 0 Å². The predicted molar refractivity (Wildman–Crippen MR) is 134 cm³/mol. The largest absolute Gasteiger partial charge is 0.494 e. The minimum absolute atomic E-state index is 0. The van der Waals surface area contributed by atoms with E-state index in [2.05, 4.69) is 34.6 Å². The summed E-state index contributed by atoms with van der Waals surface area (Å²) in [4.78, 5) is 7.19. The van der Waals surface area contributed by atoms with Crippen LogP contribution >= 0.6 is 24.0 Å². The van der Waals surface area contributed by atoms with E-state index in [1.165, 1.54) is 0 Å². The number of rotatable bonds is 9. The Morgan fingerprint density at radius 1 is 1.13 bits per heavy atom. The second kappa shape index (κ2) is 13.6. The van der Waals surface area contributed by atoms with Gasteiger partial charge < -0.3 is 24.5 Å². The highest BCUT2D eigenvalue weighted by Crippen LogP contribution is 2.23. The highest BCUT2D eigenvalue weighted by molar-refractivity contribution is 14.0. The third kappa shape index (κ3) is 7.69. The maximum absolute atomic E-state index is 5.96. The lowest BCUT2D eigenvalue weighted by molar-refractivity contribution is 0.0124. The highest BCUT2D eigenvalue weighted by Gasteiger charge is 2.25. The first-order valence-electron chi connectivity index (χ1n) is 10.8. The summed E-state index contributed by atoms with van der Waals surface area (Å²) in [7, 11) is 0. The zero-order valence-corrected chi connectivity index (χ0v) is 21.1.